The third-order valence-corrected chi connectivity index (χ3v) is 6.60. The lowest BCUT2D eigenvalue weighted by molar-refractivity contribution is 0.417. The van der Waals surface area contributed by atoms with Crippen LogP contribution in [0, 0.1) is 0 Å². The van der Waals surface area contributed by atoms with Crippen molar-refractivity contribution in [2.75, 3.05) is 0 Å². The molecule has 1 heteroatoms. The van der Waals surface area contributed by atoms with Crippen LogP contribution in [0.3, 0.4) is 0 Å². The first-order chi connectivity index (χ1) is 12.7. The monoisotopic (exact) mass is 406 g/mol. The molecule has 1 aliphatic rings. The van der Waals surface area contributed by atoms with Gasteiger partial charge in [-0.25, -0.2) is 0 Å². The Morgan fingerprint density at radius 3 is 2.23 bits per heavy atom. The number of benzene rings is 3. The first-order valence-corrected chi connectivity index (χ1v) is 10.8. The standard InChI is InChI=1S/C25H27Br/c1-3-5-15-25(16-6-4-2)23-17-19(26)12-14-21(23)22-13-11-18-9-7-8-10-20(18)24(22)25/h7-14,17H,3-6,15-16H2,1-2H3. The lowest BCUT2D eigenvalue weighted by Crippen LogP contribution is -2.25. The van der Waals surface area contributed by atoms with Gasteiger partial charge in [0.1, 0.15) is 0 Å². The number of fused-ring (bicyclic) bond motifs is 5. The van der Waals surface area contributed by atoms with Gasteiger partial charge in [-0.1, -0.05) is 97.9 Å². The molecule has 0 fully saturated rings. The molecule has 4 rings (SSSR count). The van der Waals surface area contributed by atoms with Crippen molar-refractivity contribution in [1.29, 1.82) is 0 Å². The molecule has 3 aromatic rings. The number of unbranched alkanes of at least 4 members (excludes halogenated alkanes) is 2. The van der Waals surface area contributed by atoms with Crippen molar-refractivity contribution < 1.29 is 0 Å². The molecule has 0 unspecified atom stereocenters. The summed E-state index contributed by atoms with van der Waals surface area (Å²) in [6, 6.07) is 20.6. The second-order valence-corrected chi connectivity index (χ2v) is 8.60. The first kappa shape index (κ1) is 17.8. The van der Waals surface area contributed by atoms with Gasteiger partial charge >= 0.3 is 0 Å². The van der Waals surface area contributed by atoms with Crippen molar-refractivity contribution in [2.24, 2.45) is 0 Å². The molecule has 0 spiro atoms. The van der Waals surface area contributed by atoms with E-state index in [0.717, 1.165) is 0 Å². The Hall–Kier alpha value is -1.60. The second kappa shape index (κ2) is 7.19. The smallest absolute Gasteiger partial charge is 0.0221 e. The molecule has 0 nitrogen and oxygen atoms in total. The molecule has 0 amide bonds. The second-order valence-electron chi connectivity index (χ2n) is 7.69. The molecule has 3 aromatic carbocycles. The van der Waals surface area contributed by atoms with Crippen molar-refractivity contribution in [3.05, 3.63) is 70.2 Å². The van der Waals surface area contributed by atoms with Crippen molar-refractivity contribution in [1.82, 2.24) is 0 Å². The predicted octanol–water partition coefficient (Wildman–Crippen LogP) is 8.25. The number of rotatable bonds is 6. The van der Waals surface area contributed by atoms with Crippen LogP contribution in [0.1, 0.15) is 63.5 Å². The fourth-order valence-electron chi connectivity index (χ4n) is 4.89. The summed E-state index contributed by atoms with van der Waals surface area (Å²) in [6.45, 7) is 4.63. The van der Waals surface area contributed by atoms with Crippen LogP contribution in [-0.2, 0) is 5.41 Å². The molecule has 0 saturated carbocycles. The molecule has 134 valence electrons. The summed E-state index contributed by atoms with van der Waals surface area (Å²) in [5, 5.41) is 2.82. The van der Waals surface area contributed by atoms with Crippen LogP contribution in [0.25, 0.3) is 21.9 Å². The SMILES string of the molecule is CCCCC1(CCCC)c2cc(Br)ccc2-c2ccc3ccccc3c21. The fourth-order valence-corrected chi connectivity index (χ4v) is 5.26. The van der Waals surface area contributed by atoms with Crippen LogP contribution in [0.4, 0.5) is 0 Å². The van der Waals surface area contributed by atoms with Crippen LogP contribution in [-0.4, -0.2) is 0 Å². The summed E-state index contributed by atoms with van der Waals surface area (Å²) in [5.41, 5.74) is 6.19. The molecule has 1 aliphatic carbocycles. The molecular formula is C25H27Br. The van der Waals surface area contributed by atoms with E-state index in [0.29, 0.717) is 0 Å². The Bertz CT molecular complexity index is 930. The molecular weight excluding hydrogens is 380 g/mol. The normalized spacial score (nSPS) is 14.4. The minimum Gasteiger partial charge on any atom is -0.0654 e. The Balaban J connectivity index is 2.05. The van der Waals surface area contributed by atoms with Crippen LogP contribution in [0.5, 0.6) is 0 Å². The van der Waals surface area contributed by atoms with E-state index in [1.54, 1.807) is 11.1 Å². The van der Waals surface area contributed by atoms with Gasteiger partial charge in [-0.05, 0) is 58.0 Å². The Labute approximate surface area is 165 Å². The zero-order valence-electron chi connectivity index (χ0n) is 15.8. The highest BCUT2D eigenvalue weighted by Crippen LogP contribution is 2.56. The van der Waals surface area contributed by atoms with Gasteiger partial charge in [0.2, 0.25) is 0 Å². The highest BCUT2D eigenvalue weighted by Gasteiger charge is 2.43. The van der Waals surface area contributed by atoms with Crippen LogP contribution < -0.4 is 0 Å². The molecule has 0 saturated heterocycles. The van der Waals surface area contributed by atoms with Gasteiger partial charge < -0.3 is 0 Å². The van der Waals surface area contributed by atoms with Gasteiger partial charge in [-0.2, -0.15) is 0 Å². The summed E-state index contributed by atoms with van der Waals surface area (Å²) in [6.07, 6.45) is 7.53. The van der Waals surface area contributed by atoms with Gasteiger partial charge in [0.25, 0.3) is 0 Å². The van der Waals surface area contributed by atoms with E-state index in [1.165, 1.54) is 64.9 Å². The number of hydrogen-bond donors (Lipinski definition) is 0. The highest BCUT2D eigenvalue weighted by molar-refractivity contribution is 9.10. The molecule has 0 N–H and O–H groups in total. The zero-order valence-corrected chi connectivity index (χ0v) is 17.4. The predicted molar refractivity (Wildman–Crippen MR) is 117 cm³/mol. The fraction of sp³-hybridized carbons (Fsp3) is 0.360. The molecule has 0 heterocycles. The molecule has 0 aliphatic heterocycles. The number of halogens is 1. The van der Waals surface area contributed by atoms with E-state index in [4.69, 9.17) is 0 Å². The summed E-state index contributed by atoms with van der Waals surface area (Å²) in [4.78, 5) is 0. The summed E-state index contributed by atoms with van der Waals surface area (Å²) in [5.74, 6) is 0. The van der Waals surface area contributed by atoms with E-state index >= 15 is 0 Å². The molecule has 0 radical (unpaired) electrons. The molecule has 0 aromatic heterocycles. The van der Waals surface area contributed by atoms with E-state index < -0.39 is 0 Å². The van der Waals surface area contributed by atoms with Crippen molar-refractivity contribution in [3.63, 3.8) is 0 Å². The maximum atomic E-state index is 3.75. The Morgan fingerprint density at radius 1 is 0.808 bits per heavy atom. The molecule has 26 heavy (non-hydrogen) atoms. The van der Waals surface area contributed by atoms with Crippen molar-refractivity contribution in [2.45, 2.75) is 57.8 Å². The Morgan fingerprint density at radius 2 is 1.50 bits per heavy atom. The first-order valence-electron chi connectivity index (χ1n) is 10.0. The van der Waals surface area contributed by atoms with Crippen LogP contribution >= 0.6 is 15.9 Å². The number of hydrogen-bond acceptors (Lipinski definition) is 0. The quantitative estimate of drug-likeness (QED) is 0.386. The van der Waals surface area contributed by atoms with E-state index in [-0.39, 0.29) is 5.41 Å². The molecule has 0 bridgehead atoms. The van der Waals surface area contributed by atoms with Gasteiger partial charge in [0, 0.05) is 9.89 Å². The maximum Gasteiger partial charge on any atom is 0.0221 e. The van der Waals surface area contributed by atoms with Gasteiger partial charge in [-0.15, -0.1) is 0 Å². The lowest BCUT2D eigenvalue weighted by atomic mass is 9.69. The minimum absolute atomic E-state index is 0.154. The largest absolute Gasteiger partial charge is 0.0654 e. The van der Waals surface area contributed by atoms with Gasteiger partial charge in [0.05, 0.1) is 0 Å². The van der Waals surface area contributed by atoms with Gasteiger partial charge in [0.15, 0.2) is 0 Å². The third-order valence-electron chi connectivity index (χ3n) is 6.11. The summed E-state index contributed by atoms with van der Waals surface area (Å²) < 4.78 is 1.20. The minimum atomic E-state index is 0.154. The van der Waals surface area contributed by atoms with Crippen LogP contribution in [0.15, 0.2) is 59.1 Å². The van der Waals surface area contributed by atoms with E-state index in [9.17, 15) is 0 Å². The summed E-state index contributed by atoms with van der Waals surface area (Å²) in [7, 11) is 0. The van der Waals surface area contributed by atoms with Crippen LogP contribution in [0.2, 0.25) is 0 Å². The Kier molecular flexibility index (Phi) is 4.92. The lowest BCUT2D eigenvalue weighted by Gasteiger charge is -2.33. The zero-order chi connectivity index (χ0) is 18.1. The topological polar surface area (TPSA) is 0 Å². The highest BCUT2D eigenvalue weighted by atomic mass is 79.9. The average Bonchev–Trinajstić information content (AvgIpc) is 2.94. The van der Waals surface area contributed by atoms with E-state index in [2.05, 4.69) is 84.4 Å². The van der Waals surface area contributed by atoms with Crippen molar-refractivity contribution in [3.8, 4) is 11.1 Å². The van der Waals surface area contributed by atoms with Crippen molar-refractivity contribution >= 4 is 26.7 Å². The average molecular weight is 407 g/mol. The third kappa shape index (κ3) is 2.72. The van der Waals surface area contributed by atoms with E-state index in [1.807, 2.05) is 0 Å². The summed E-state index contributed by atoms with van der Waals surface area (Å²) >= 11 is 3.75. The maximum absolute atomic E-state index is 3.75. The molecule has 0 atom stereocenters. The van der Waals surface area contributed by atoms with Gasteiger partial charge in [-0.3, -0.25) is 0 Å².